The SMILES string of the molecule is CC1(C)c2ccccc2-c2ccc(-c3ccc(-c4nc(-c5ccccc5)nc(-c5ccc(-c6ccc7c(c6)C(C)(C)c6cc(-c8ccc9c(c8)C8(c%10ccccc%10-c%10ccccc%108)c8cc(-c%10cc(-c%11ccc(-c%12ccccc%12)cc%11)nc(-c%11ccc%12ccccc%12c%11)n%10)ccc8-9)ccc6-7)cc5)n4)cc3)cc21. The van der Waals surface area contributed by atoms with Crippen LogP contribution in [0.25, 0.3) is 168 Å². The minimum atomic E-state index is -0.613. The highest BCUT2D eigenvalue weighted by Crippen LogP contribution is 2.64. The molecular weight excluding hydrogens is 1300 g/mol. The molecule has 0 saturated carbocycles. The van der Waals surface area contributed by atoms with Gasteiger partial charge in [-0.2, -0.15) is 0 Å². The number of benzene rings is 15. The van der Waals surface area contributed by atoms with Crippen molar-refractivity contribution in [2.45, 2.75) is 43.9 Å². The Morgan fingerprint density at radius 3 is 0.963 bits per heavy atom. The molecule has 5 nitrogen and oxygen atoms in total. The van der Waals surface area contributed by atoms with Gasteiger partial charge in [-0.15, -0.1) is 0 Å². The molecule has 0 N–H and O–H groups in total. The van der Waals surface area contributed by atoms with Crippen LogP contribution in [0.3, 0.4) is 0 Å². The highest BCUT2D eigenvalue weighted by atomic mass is 15.0. The fraction of sp³-hybridized carbons (Fsp3) is 0.0686. The Balaban J connectivity index is 0.607. The average molecular weight is 1360 g/mol. The van der Waals surface area contributed by atoms with Crippen molar-refractivity contribution in [3.8, 4) is 157 Å². The van der Waals surface area contributed by atoms with Crippen LogP contribution in [-0.4, -0.2) is 24.9 Å². The molecule has 0 aliphatic heterocycles. The normalized spacial score (nSPS) is 13.8. The predicted molar refractivity (Wildman–Crippen MR) is 439 cm³/mol. The first-order valence-corrected chi connectivity index (χ1v) is 37.1. The van der Waals surface area contributed by atoms with Gasteiger partial charge in [0.25, 0.3) is 0 Å². The van der Waals surface area contributed by atoms with E-state index in [0.29, 0.717) is 23.3 Å². The Morgan fingerprint density at radius 1 is 0.168 bits per heavy atom. The quantitative estimate of drug-likeness (QED) is 0.137. The number of fused-ring (bicyclic) bond motifs is 17. The van der Waals surface area contributed by atoms with E-state index in [1.54, 1.807) is 0 Å². The Hall–Kier alpha value is -13.4. The second kappa shape index (κ2) is 23.8. The molecule has 0 saturated heterocycles. The summed E-state index contributed by atoms with van der Waals surface area (Å²) in [5, 5.41) is 2.33. The van der Waals surface area contributed by atoms with Crippen LogP contribution in [0.15, 0.2) is 346 Å². The van der Waals surface area contributed by atoms with E-state index in [-0.39, 0.29) is 10.8 Å². The van der Waals surface area contributed by atoms with Gasteiger partial charge in [-0.1, -0.05) is 331 Å². The van der Waals surface area contributed by atoms with E-state index < -0.39 is 5.41 Å². The predicted octanol–water partition coefficient (Wildman–Crippen LogP) is 25.4. The van der Waals surface area contributed by atoms with Crippen LogP contribution in [0.4, 0.5) is 0 Å². The zero-order valence-corrected chi connectivity index (χ0v) is 59.6. The Labute approximate surface area is 623 Å². The van der Waals surface area contributed by atoms with Gasteiger partial charge in [0.1, 0.15) is 0 Å². The third kappa shape index (κ3) is 9.81. The third-order valence-electron chi connectivity index (χ3n) is 23.6. The van der Waals surface area contributed by atoms with E-state index in [0.717, 1.165) is 72.4 Å². The monoisotopic (exact) mass is 1360 g/mol. The van der Waals surface area contributed by atoms with Gasteiger partial charge in [-0.3, -0.25) is 0 Å². The van der Waals surface area contributed by atoms with Crippen LogP contribution in [0.5, 0.6) is 0 Å². The van der Waals surface area contributed by atoms with Crippen molar-refractivity contribution in [3.05, 3.63) is 390 Å². The largest absolute Gasteiger partial charge is 0.228 e. The summed E-state index contributed by atoms with van der Waals surface area (Å²) >= 11 is 0. The molecule has 0 radical (unpaired) electrons. The summed E-state index contributed by atoms with van der Waals surface area (Å²) in [6.07, 6.45) is 0. The number of hydrogen-bond donors (Lipinski definition) is 0. The number of hydrogen-bond acceptors (Lipinski definition) is 5. The smallest absolute Gasteiger partial charge is 0.164 e. The fourth-order valence-electron chi connectivity index (χ4n) is 18.1. The fourth-order valence-corrected chi connectivity index (χ4v) is 18.1. The minimum absolute atomic E-state index is 0.0775. The molecule has 0 atom stereocenters. The van der Waals surface area contributed by atoms with E-state index >= 15 is 0 Å². The summed E-state index contributed by atoms with van der Waals surface area (Å²) in [4.78, 5) is 26.3. The summed E-state index contributed by atoms with van der Waals surface area (Å²) in [5.74, 6) is 2.58. The molecule has 1 spiro atoms. The summed E-state index contributed by atoms with van der Waals surface area (Å²) in [6.45, 7) is 9.45. The van der Waals surface area contributed by atoms with Crippen molar-refractivity contribution < 1.29 is 0 Å². The van der Waals surface area contributed by atoms with E-state index in [2.05, 4.69) is 355 Å². The Morgan fingerprint density at radius 2 is 0.458 bits per heavy atom. The van der Waals surface area contributed by atoms with E-state index in [1.807, 2.05) is 18.2 Å². The van der Waals surface area contributed by atoms with Crippen LogP contribution in [0.2, 0.25) is 0 Å². The molecule has 0 unspecified atom stereocenters. The first-order valence-electron chi connectivity index (χ1n) is 37.1. The lowest BCUT2D eigenvalue weighted by Crippen LogP contribution is -2.26. The molecule has 0 amide bonds. The van der Waals surface area contributed by atoms with Crippen LogP contribution in [0.1, 0.15) is 72.2 Å². The van der Waals surface area contributed by atoms with Crippen molar-refractivity contribution in [3.63, 3.8) is 0 Å². The van der Waals surface area contributed by atoms with Crippen LogP contribution >= 0.6 is 0 Å². The van der Waals surface area contributed by atoms with E-state index in [4.69, 9.17) is 24.9 Å². The number of rotatable bonds is 10. The Kier molecular flexibility index (Phi) is 13.9. The molecular formula is C102H69N5. The number of nitrogens with zero attached hydrogens (tertiary/aromatic N) is 5. The van der Waals surface area contributed by atoms with Gasteiger partial charge in [0.2, 0.25) is 0 Å². The summed E-state index contributed by atoms with van der Waals surface area (Å²) in [7, 11) is 0. The van der Waals surface area contributed by atoms with Gasteiger partial charge >= 0.3 is 0 Å². The molecule has 2 heterocycles. The lowest BCUT2D eigenvalue weighted by Gasteiger charge is -2.31. The molecule has 107 heavy (non-hydrogen) atoms. The molecule has 0 fully saturated rings. The second-order valence-electron chi connectivity index (χ2n) is 30.2. The zero-order chi connectivity index (χ0) is 71.3. The van der Waals surface area contributed by atoms with Crippen LogP contribution in [0, 0.1) is 0 Å². The lowest BCUT2D eigenvalue weighted by atomic mass is 9.70. The molecule has 502 valence electrons. The molecule has 4 aliphatic rings. The molecule has 15 aromatic carbocycles. The molecule has 21 rings (SSSR count). The summed E-state index contributed by atoms with van der Waals surface area (Å²) < 4.78 is 0. The summed E-state index contributed by atoms with van der Waals surface area (Å²) in [6, 6.07) is 127. The first kappa shape index (κ1) is 62.2. The lowest BCUT2D eigenvalue weighted by molar-refractivity contribution is 0.660. The van der Waals surface area contributed by atoms with Crippen molar-refractivity contribution in [1.82, 2.24) is 24.9 Å². The molecule has 17 aromatic rings. The van der Waals surface area contributed by atoms with Crippen LogP contribution < -0.4 is 0 Å². The summed E-state index contributed by atoms with van der Waals surface area (Å²) in [5.41, 5.74) is 36.7. The average Bonchev–Trinajstić information content (AvgIpc) is 1.51. The Bertz CT molecular complexity index is 6480. The molecule has 0 bridgehead atoms. The van der Waals surface area contributed by atoms with Gasteiger partial charge in [-0.25, -0.2) is 24.9 Å². The zero-order valence-electron chi connectivity index (χ0n) is 59.6. The van der Waals surface area contributed by atoms with Gasteiger partial charge in [0, 0.05) is 44.2 Å². The highest BCUT2D eigenvalue weighted by molar-refractivity contribution is 5.98. The van der Waals surface area contributed by atoms with Crippen molar-refractivity contribution in [2.24, 2.45) is 0 Å². The van der Waals surface area contributed by atoms with Crippen molar-refractivity contribution in [2.75, 3.05) is 0 Å². The molecule has 5 heteroatoms. The van der Waals surface area contributed by atoms with Gasteiger partial charge in [0.15, 0.2) is 23.3 Å². The number of aromatic nitrogens is 5. The topological polar surface area (TPSA) is 64.5 Å². The maximum absolute atomic E-state index is 5.51. The van der Waals surface area contributed by atoms with Gasteiger partial charge in [0.05, 0.1) is 16.8 Å². The van der Waals surface area contributed by atoms with Gasteiger partial charge < -0.3 is 0 Å². The van der Waals surface area contributed by atoms with Crippen molar-refractivity contribution in [1.29, 1.82) is 0 Å². The van der Waals surface area contributed by atoms with Gasteiger partial charge in [-0.05, 0) is 187 Å². The second-order valence-corrected chi connectivity index (χ2v) is 30.2. The maximum Gasteiger partial charge on any atom is 0.164 e. The highest BCUT2D eigenvalue weighted by Gasteiger charge is 2.52. The van der Waals surface area contributed by atoms with Crippen LogP contribution in [-0.2, 0) is 16.2 Å². The molecule has 4 aliphatic carbocycles. The third-order valence-corrected chi connectivity index (χ3v) is 23.6. The standard InChI is InChI=1S/C102H69N5/c1-100(2)86-28-16-13-25-78(86)81-50-45-72(56-89(81)100)65-33-40-69(41-34-65)97-105-96(68-22-9-6-10-23-68)106-98(107-97)70-42-35-66(36-43-70)73-46-51-82-83-52-47-74(58-91(83)101(3,4)90(82)57-73)75-48-53-84-85-54-49-76(60-93(85)102(92(84)59-75)87-29-17-14-26-79(87)80-27-15-18-30-88(80)102)95-61-94(67-38-31-64(32-39-67)62-19-7-5-8-20-62)103-99(104-95)77-44-37-63-21-11-12-24-71(63)55-77/h5-61H,1-4H3. The maximum atomic E-state index is 5.51. The van der Waals surface area contributed by atoms with E-state index in [9.17, 15) is 0 Å². The first-order chi connectivity index (χ1) is 52.5. The molecule has 2 aromatic heterocycles. The van der Waals surface area contributed by atoms with E-state index in [1.165, 1.54) is 117 Å². The van der Waals surface area contributed by atoms with Crippen molar-refractivity contribution >= 4 is 10.8 Å². The minimum Gasteiger partial charge on any atom is -0.228 e.